The number of rotatable bonds is 1. The fourth-order valence-corrected chi connectivity index (χ4v) is 2.34. The van der Waals surface area contributed by atoms with Gasteiger partial charge in [-0.1, -0.05) is 11.6 Å². The van der Waals surface area contributed by atoms with E-state index < -0.39 is 0 Å². The standard InChI is InChI=1S/C11H12ClN3/c12-9-2-4-15-10(5-9)7-14-11(15)8-1-3-13-6-8/h2,4-5,7-8,13H,1,3,6H2. The second kappa shape index (κ2) is 3.51. The van der Waals surface area contributed by atoms with E-state index in [4.69, 9.17) is 11.6 Å². The number of hydrogen-bond acceptors (Lipinski definition) is 2. The molecule has 1 unspecified atom stereocenters. The molecule has 0 aliphatic carbocycles. The van der Waals surface area contributed by atoms with Gasteiger partial charge in [0.2, 0.25) is 0 Å². The van der Waals surface area contributed by atoms with Gasteiger partial charge in [0.15, 0.2) is 0 Å². The summed E-state index contributed by atoms with van der Waals surface area (Å²) in [6.07, 6.45) is 5.06. The Morgan fingerprint density at radius 1 is 1.53 bits per heavy atom. The van der Waals surface area contributed by atoms with Gasteiger partial charge in [0.05, 0.1) is 11.7 Å². The van der Waals surface area contributed by atoms with E-state index in [2.05, 4.69) is 14.7 Å². The minimum absolute atomic E-state index is 0.536. The third-order valence-electron chi connectivity index (χ3n) is 2.95. The van der Waals surface area contributed by atoms with Crippen LogP contribution in [-0.2, 0) is 0 Å². The van der Waals surface area contributed by atoms with Crippen LogP contribution in [0.2, 0.25) is 5.02 Å². The molecule has 1 atom stereocenters. The first-order chi connectivity index (χ1) is 7.34. The van der Waals surface area contributed by atoms with Crippen LogP contribution >= 0.6 is 11.6 Å². The Kier molecular flexibility index (Phi) is 2.15. The summed E-state index contributed by atoms with van der Waals surface area (Å²) in [5.41, 5.74) is 1.07. The van der Waals surface area contributed by atoms with Crippen molar-refractivity contribution in [1.29, 1.82) is 0 Å². The van der Waals surface area contributed by atoms with Crippen LogP contribution in [0.5, 0.6) is 0 Å². The molecule has 1 N–H and O–H groups in total. The number of fused-ring (bicyclic) bond motifs is 1. The van der Waals surface area contributed by atoms with E-state index in [0.717, 1.165) is 29.5 Å². The van der Waals surface area contributed by atoms with Crippen LogP contribution in [-0.4, -0.2) is 22.5 Å². The average Bonchev–Trinajstić information content (AvgIpc) is 2.82. The molecule has 0 saturated carbocycles. The number of halogens is 1. The predicted octanol–water partition coefficient (Wildman–Crippen LogP) is 2.06. The molecular weight excluding hydrogens is 210 g/mol. The summed E-state index contributed by atoms with van der Waals surface area (Å²) in [7, 11) is 0. The molecule has 2 aromatic heterocycles. The molecule has 2 aromatic rings. The van der Waals surface area contributed by atoms with E-state index in [1.807, 2.05) is 24.5 Å². The van der Waals surface area contributed by atoms with Crippen LogP contribution in [0.15, 0.2) is 24.5 Å². The van der Waals surface area contributed by atoms with Crippen molar-refractivity contribution in [1.82, 2.24) is 14.7 Å². The number of imidazole rings is 1. The minimum atomic E-state index is 0.536. The maximum absolute atomic E-state index is 5.93. The molecule has 4 heteroatoms. The Hall–Kier alpha value is -1.06. The van der Waals surface area contributed by atoms with Gasteiger partial charge in [-0.3, -0.25) is 0 Å². The molecule has 3 heterocycles. The van der Waals surface area contributed by atoms with Gasteiger partial charge in [0, 0.05) is 23.7 Å². The zero-order valence-corrected chi connectivity index (χ0v) is 9.04. The number of hydrogen-bond donors (Lipinski definition) is 1. The fraction of sp³-hybridized carbons (Fsp3) is 0.364. The first-order valence-corrected chi connectivity index (χ1v) is 5.55. The van der Waals surface area contributed by atoms with Crippen molar-refractivity contribution in [3.05, 3.63) is 35.4 Å². The lowest BCUT2D eigenvalue weighted by molar-refractivity contribution is 0.699. The number of aromatic nitrogens is 2. The average molecular weight is 222 g/mol. The molecule has 0 radical (unpaired) electrons. The van der Waals surface area contributed by atoms with E-state index >= 15 is 0 Å². The highest BCUT2D eigenvalue weighted by atomic mass is 35.5. The van der Waals surface area contributed by atoms with Gasteiger partial charge in [-0.25, -0.2) is 4.98 Å². The van der Waals surface area contributed by atoms with E-state index in [1.54, 1.807) is 0 Å². The summed E-state index contributed by atoms with van der Waals surface area (Å²) >= 11 is 5.93. The Morgan fingerprint density at radius 3 is 3.27 bits per heavy atom. The topological polar surface area (TPSA) is 29.3 Å². The van der Waals surface area contributed by atoms with Crippen molar-refractivity contribution in [3.8, 4) is 0 Å². The second-order valence-corrected chi connectivity index (χ2v) is 4.38. The van der Waals surface area contributed by atoms with Crippen LogP contribution in [0.3, 0.4) is 0 Å². The Morgan fingerprint density at radius 2 is 2.47 bits per heavy atom. The molecule has 0 aromatic carbocycles. The van der Waals surface area contributed by atoms with Crippen molar-refractivity contribution in [2.75, 3.05) is 13.1 Å². The van der Waals surface area contributed by atoms with Crippen LogP contribution in [0, 0.1) is 0 Å². The molecule has 0 amide bonds. The number of nitrogens with zero attached hydrogens (tertiary/aromatic N) is 2. The molecule has 3 nitrogen and oxygen atoms in total. The van der Waals surface area contributed by atoms with E-state index in [9.17, 15) is 0 Å². The molecular formula is C11H12ClN3. The lowest BCUT2D eigenvalue weighted by Crippen LogP contribution is -2.10. The highest BCUT2D eigenvalue weighted by molar-refractivity contribution is 6.30. The van der Waals surface area contributed by atoms with Crippen LogP contribution < -0.4 is 5.32 Å². The van der Waals surface area contributed by atoms with Gasteiger partial charge in [-0.2, -0.15) is 0 Å². The molecule has 1 aliphatic rings. The lowest BCUT2D eigenvalue weighted by Gasteiger charge is -2.06. The van der Waals surface area contributed by atoms with Gasteiger partial charge in [0.25, 0.3) is 0 Å². The van der Waals surface area contributed by atoms with Gasteiger partial charge >= 0.3 is 0 Å². The molecule has 78 valence electrons. The van der Waals surface area contributed by atoms with E-state index in [-0.39, 0.29) is 0 Å². The quantitative estimate of drug-likeness (QED) is 0.799. The molecule has 1 aliphatic heterocycles. The van der Waals surface area contributed by atoms with Gasteiger partial charge in [-0.05, 0) is 25.1 Å². The van der Waals surface area contributed by atoms with Crippen molar-refractivity contribution in [2.24, 2.45) is 0 Å². The molecule has 15 heavy (non-hydrogen) atoms. The van der Waals surface area contributed by atoms with E-state index in [0.29, 0.717) is 5.92 Å². The lowest BCUT2D eigenvalue weighted by atomic mass is 10.1. The zero-order chi connectivity index (χ0) is 10.3. The van der Waals surface area contributed by atoms with Crippen molar-refractivity contribution >= 4 is 17.1 Å². The SMILES string of the molecule is Clc1ccn2c(C3CCNC3)ncc2c1. The van der Waals surface area contributed by atoms with Gasteiger partial charge in [-0.15, -0.1) is 0 Å². The first kappa shape index (κ1) is 9.19. The van der Waals surface area contributed by atoms with Crippen molar-refractivity contribution < 1.29 is 0 Å². The maximum Gasteiger partial charge on any atom is 0.117 e. The molecule has 0 spiro atoms. The van der Waals surface area contributed by atoms with Crippen molar-refractivity contribution in [3.63, 3.8) is 0 Å². The largest absolute Gasteiger partial charge is 0.316 e. The molecule has 1 saturated heterocycles. The molecule has 1 fully saturated rings. The smallest absolute Gasteiger partial charge is 0.117 e. The number of nitrogens with one attached hydrogen (secondary N) is 1. The minimum Gasteiger partial charge on any atom is -0.316 e. The molecule has 0 bridgehead atoms. The summed E-state index contributed by atoms with van der Waals surface area (Å²) in [6.45, 7) is 2.12. The van der Waals surface area contributed by atoms with Gasteiger partial charge < -0.3 is 9.72 Å². The Labute approximate surface area is 93.1 Å². The highest BCUT2D eigenvalue weighted by Crippen LogP contribution is 2.23. The summed E-state index contributed by atoms with van der Waals surface area (Å²) in [4.78, 5) is 4.48. The third-order valence-corrected chi connectivity index (χ3v) is 3.18. The maximum atomic E-state index is 5.93. The van der Waals surface area contributed by atoms with E-state index in [1.165, 1.54) is 6.42 Å². The Balaban J connectivity index is 2.11. The highest BCUT2D eigenvalue weighted by Gasteiger charge is 2.20. The normalized spacial score (nSPS) is 21.3. The Bertz CT molecular complexity index is 486. The second-order valence-electron chi connectivity index (χ2n) is 3.95. The predicted molar refractivity (Wildman–Crippen MR) is 60.4 cm³/mol. The van der Waals surface area contributed by atoms with Gasteiger partial charge in [0.1, 0.15) is 5.82 Å². The van der Waals surface area contributed by atoms with Crippen molar-refractivity contribution in [2.45, 2.75) is 12.3 Å². The number of pyridine rings is 1. The monoisotopic (exact) mass is 221 g/mol. The first-order valence-electron chi connectivity index (χ1n) is 5.18. The summed E-state index contributed by atoms with van der Waals surface area (Å²) in [5.74, 6) is 1.68. The van der Waals surface area contributed by atoms with Crippen LogP contribution in [0.25, 0.3) is 5.52 Å². The fourth-order valence-electron chi connectivity index (χ4n) is 2.17. The van der Waals surface area contributed by atoms with Crippen LogP contribution in [0.4, 0.5) is 0 Å². The van der Waals surface area contributed by atoms with Crippen LogP contribution in [0.1, 0.15) is 18.2 Å². The molecule has 3 rings (SSSR count). The zero-order valence-electron chi connectivity index (χ0n) is 8.28. The summed E-state index contributed by atoms with van der Waals surface area (Å²) in [6, 6.07) is 3.85. The third kappa shape index (κ3) is 1.52. The summed E-state index contributed by atoms with van der Waals surface area (Å²) < 4.78 is 2.13. The summed E-state index contributed by atoms with van der Waals surface area (Å²) in [5, 5.41) is 4.12.